The number of carboxylic acids is 1. The molecule has 0 saturated heterocycles. The molecule has 1 atom stereocenters. The summed E-state index contributed by atoms with van der Waals surface area (Å²) in [6.07, 6.45) is 0.0159. The molecule has 5 nitrogen and oxygen atoms in total. The van der Waals surface area contributed by atoms with Gasteiger partial charge >= 0.3 is 5.97 Å². The molecule has 0 spiro atoms. The number of nitrogens with one attached hydrogen (secondary N) is 1. The zero-order valence-electron chi connectivity index (χ0n) is 11.6. The van der Waals surface area contributed by atoms with Gasteiger partial charge in [0.25, 0.3) is 0 Å². The second-order valence-corrected chi connectivity index (χ2v) is 5.00. The molecule has 0 aliphatic rings. The second kappa shape index (κ2) is 7.87. The number of hydrogen-bond acceptors (Lipinski definition) is 3. The first-order valence-electron chi connectivity index (χ1n) is 6.43. The summed E-state index contributed by atoms with van der Waals surface area (Å²) in [7, 11) is 0. The van der Waals surface area contributed by atoms with Crippen LogP contribution in [0.2, 0.25) is 5.02 Å². The van der Waals surface area contributed by atoms with Gasteiger partial charge in [-0.2, -0.15) is 0 Å². The van der Waals surface area contributed by atoms with Crippen LogP contribution < -0.4 is 5.32 Å². The Bertz CT molecular complexity index is 462. The lowest BCUT2D eigenvalue weighted by atomic mass is 10.2. The average molecular weight is 299 g/mol. The molecule has 0 bridgehead atoms. The fraction of sp³-hybridized carbons (Fsp3) is 0.429. The van der Waals surface area contributed by atoms with E-state index in [4.69, 9.17) is 16.7 Å². The van der Waals surface area contributed by atoms with E-state index in [0.29, 0.717) is 17.3 Å². The molecule has 1 aromatic carbocycles. The van der Waals surface area contributed by atoms with Crippen LogP contribution in [0.25, 0.3) is 0 Å². The summed E-state index contributed by atoms with van der Waals surface area (Å²) in [6, 6.07) is 6.64. The van der Waals surface area contributed by atoms with E-state index in [1.54, 1.807) is 31.2 Å². The van der Waals surface area contributed by atoms with Crippen molar-refractivity contribution in [2.75, 3.05) is 18.4 Å². The number of hydrogen-bond donors (Lipinski definition) is 2. The minimum absolute atomic E-state index is 0.0159. The van der Waals surface area contributed by atoms with Crippen LogP contribution >= 0.6 is 11.6 Å². The Balaban J connectivity index is 2.54. The van der Waals surface area contributed by atoms with Crippen molar-refractivity contribution < 1.29 is 14.7 Å². The fourth-order valence-corrected chi connectivity index (χ4v) is 2.01. The third-order valence-electron chi connectivity index (χ3n) is 2.97. The van der Waals surface area contributed by atoms with Crippen molar-refractivity contribution in [3.05, 3.63) is 29.3 Å². The number of likely N-dealkylation sites (N-methyl/N-ethyl adjacent to an activating group) is 1. The Morgan fingerprint density at radius 3 is 2.45 bits per heavy atom. The van der Waals surface area contributed by atoms with Crippen molar-refractivity contribution in [3.8, 4) is 0 Å². The largest absolute Gasteiger partial charge is 0.481 e. The van der Waals surface area contributed by atoms with Gasteiger partial charge in [-0.25, -0.2) is 0 Å². The van der Waals surface area contributed by atoms with Crippen LogP contribution in [-0.4, -0.2) is 41.0 Å². The third-order valence-corrected chi connectivity index (χ3v) is 3.23. The lowest BCUT2D eigenvalue weighted by Gasteiger charge is -2.25. The van der Waals surface area contributed by atoms with Crippen LogP contribution in [0.1, 0.15) is 20.3 Å². The van der Waals surface area contributed by atoms with Crippen LogP contribution in [0.5, 0.6) is 0 Å². The SMILES string of the molecule is CCN(CC(=O)Nc1ccc(Cl)cc1)C(C)CC(=O)O. The molecule has 1 rings (SSSR count). The van der Waals surface area contributed by atoms with Crippen molar-refractivity contribution >= 4 is 29.2 Å². The molecular weight excluding hydrogens is 280 g/mol. The van der Waals surface area contributed by atoms with Gasteiger partial charge in [0.2, 0.25) is 5.91 Å². The van der Waals surface area contributed by atoms with E-state index in [2.05, 4.69) is 5.32 Å². The van der Waals surface area contributed by atoms with Gasteiger partial charge in [0, 0.05) is 16.8 Å². The van der Waals surface area contributed by atoms with Crippen LogP contribution in [0, 0.1) is 0 Å². The van der Waals surface area contributed by atoms with Crippen molar-refractivity contribution in [2.45, 2.75) is 26.3 Å². The van der Waals surface area contributed by atoms with E-state index in [1.165, 1.54) is 0 Å². The summed E-state index contributed by atoms with van der Waals surface area (Å²) >= 11 is 5.77. The first-order valence-corrected chi connectivity index (χ1v) is 6.81. The van der Waals surface area contributed by atoms with Crippen molar-refractivity contribution in [1.29, 1.82) is 0 Å². The molecule has 1 amide bonds. The molecule has 0 aromatic heterocycles. The summed E-state index contributed by atoms with van der Waals surface area (Å²) in [5, 5.41) is 12.1. The molecule has 0 radical (unpaired) electrons. The minimum Gasteiger partial charge on any atom is -0.481 e. The molecule has 20 heavy (non-hydrogen) atoms. The van der Waals surface area contributed by atoms with E-state index in [-0.39, 0.29) is 24.9 Å². The highest BCUT2D eigenvalue weighted by Crippen LogP contribution is 2.13. The number of aliphatic carboxylic acids is 1. The highest BCUT2D eigenvalue weighted by molar-refractivity contribution is 6.30. The minimum atomic E-state index is -0.867. The summed E-state index contributed by atoms with van der Waals surface area (Å²) < 4.78 is 0. The van der Waals surface area contributed by atoms with Crippen LogP contribution in [-0.2, 0) is 9.59 Å². The lowest BCUT2D eigenvalue weighted by Crippen LogP contribution is -2.40. The fourth-order valence-electron chi connectivity index (χ4n) is 1.88. The van der Waals surface area contributed by atoms with E-state index >= 15 is 0 Å². The van der Waals surface area contributed by atoms with Crippen LogP contribution in [0.4, 0.5) is 5.69 Å². The molecule has 1 unspecified atom stereocenters. The first kappa shape index (κ1) is 16.5. The topological polar surface area (TPSA) is 69.6 Å². The third kappa shape index (κ3) is 5.59. The number of benzene rings is 1. The summed E-state index contributed by atoms with van der Waals surface area (Å²) in [6.45, 7) is 4.47. The highest BCUT2D eigenvalue weighted by Gasteiger charge is 2.18. The number of amides is 1. The standard InChI is InChI=1S/C14H19ClN2O3/c1-3-17(10(2)8-14(19)20)9-13(18)16-12-6-4-11(15)5-7-12/h4-7,10H,3,8-9H2,1-2H3,(H,16,18)(H,19,20). The number of nitrogens with zero attached hydrogens (tertiary/aromatic N) is 1. The first-order chi connectivity index (χ1) is 9.42. The monoisotopic (exact) mass is 298 g/mol. The van der Waals surface area contributed by atoms with Gasteiger partial charge in [-0.3, -0.25) is 14.5 Å². The summed E-state index contributed by atoms with van der Waals surface area (Å²) in [5.74, 6) is -1.04. The van der Waals surface area contributed by atoms with Crippen LogP contribution in [0.3, 0.4) is 0 Å². The molecule has 0 aliphatic carbocycles. The Morgan fingerprint density at radius 1 is 1.35 bits per heavy atom. The van der Waals surface area contributed by atoms with E-state index in [1.807, 2.05) is 11.8 Å². The van der Waals surface area contributed by atoms with Gasteiger partial charge in [0.15, 0.2) is 0 Å². The molecular formula is C14H19ClN2O3. The predicted octanol–water partition coefficient (Wildman–Crippen LogP) is 2.46. The quantitative estimate of drug-likeness (QED) is 0.811. The maximum atomic E-state index is 11.9. The number of halogens is 1. The molecule has 0 saturated carbocycles. The Labute approximate surface area is 123 Å². The van der Waals surface area contributed by atoms with Crippen molar-refractivity contribution in [2.24, 2.45) is 0 Å². The van der Waals surface area contributed by atoms with Crippen molar-refractivity contribution in [1.82, 2.24) is 4.90 Å². The highest BCUT2D eigenvalue weighted by atomic mass is 35.5. The molecule has 110 valence electrons. The molecule has 0 aliphatic heterocycles. The summed E-state index contributed by atoms with van der Waals surface area (Å²) in [4.78, 5) is 24.4. The smallest absolute Gasteiger partial charge is 0.304 e. The maximum Gasteiger partial charge on any atom is 0.304 e. The van der Waals surface area contributed by atoms with Crippen LogP contribution in [0.15, 0.2) is 24.3 Å². The molecule has 6 heteroatoms. The number of carbonyl (C=O) groups excluding carboxylic acids is 1. The van der Waals surface area contributed by atoms with E-state index in [0.717, 1.165) is 0 Å². The Kier molecular flexibility index (Phi) is 6.48. The van der Waals surface area contributed by atoms with Gasteiger partial charge < -0.3 is 10.4 Å². The van der Waals surface area contributed by atoms with Gasteiger partial charge in [0.1, 0.15) is 0 Å². The normalized spacial score (nSPS) is 12.2. The predicted molar refractivity (Wildman–Crippen MR) is 79.0 cm³/mol. The molecule has 0 heterocycles. The number of carbonyl (C=O) groups is 2. The number of anilines is 1. The summed E-state index contributed by atoms with van der Waals surface area (Å²) in [5.41, 5.74) is 0.668. The Hall–Kier alpha value is -1.59. The maximum absolute atomic E-state index is 11.9. The second-order valence-electron chi connectivity index (χ2n) is 4.57. The van der Waals surface area contributed by atoms with Gasteiger partial charge in [-0.15, -0.1) is 0 Å². The lowest BCUT2D eigenvalue weighted by molar-refractivity contribution is -0.138. The molecule has 2 N–H and O–H groups in total. The van der Waals surface area contributed by atoms with Gasteiger partial charge in [0.05, 0.1) is 13.0 Å². The van der Waals surface area contributed by atoms with Gasteiger partial charge in [-0.1, -0.05) is 18.5 Å². The zero-order chi connectivity index (χ0) is 15.1. The molecule has 1 aromatic rings. The number of rotatable bonds is 7. The van der Waals surface area contributed by atoms with Crippen molar-refractivity contribution in [3.63, 3.8) is 0 Å². The van der Waals surface area contributed by atoms with Gasteiger partial charge in [-0.05, 0) is 37.7 Å². The van der Waals surface area contributed by atoms with E-state index in [9.17, 15) is 9.59 Å². The average Bonchev–Trinajstić information content (AvgIpc) is 2.37. The molecule has 0 fully saturated rings. The Morgan fingerprint density at radius 2 is 1.95 bits per heavy atom. The zero-order valence-corrected chi connectivity index (χ0v) is 12.4. The van der Waals surface area contributed by atoms with E-state index < -0.39 is 5.97 Å². The number of carboxylic acid groups (broad SMARTS) is 1.